The molecule has 0 saturated carbocycles. The number of carbonyl (C=O) groups excluding carboxylic acids is 2. The average molecular weight is 338 g/mol. The van der Waals surface area contributed by atoms with Crippen LogP contribution in [0.2, 0.25) is 0 Å². The summed E-state index contributed by atoms with van der Waals surface area (Å²) < 4.78 is 9.93. The molecular weight excluding hydrogens is 312 g/mol. The average Bonchev–Trinajstić information content (AvgIpc) is 3.05. The van der Waals surface area contributed by atoms with Crippen LogP contribution in [0.1, 0.15) is 61.8 Å². The predicted molar refractivity (Wildman–Crippen MR) is 90.6 cm³/mol. The van der Waals surface area contributed by atoms with Crippen molar-refractivity contribution in [2.24, 2.45) is 5.41 Å². The Morgan fingerprint density at radius 2 is 1.91 bits per heavy atom. The van der Waals surface area contributed by atoms with E-state index in [9.17, 15) is 9.59 Å². The SMILES string of the molecule is CCCCCCC1CC(C(=O)OC)(C(=O)OC)Cc2ccsc21. The highest BCUT2D eigenvalue weighted by Crippen LogP contribution is 2.48. The van der Waals surface area contributed by atoms with Crippen molar-refractivity contribution in [3.8, 4) is 0 Å². The Morgan fingerprint density at radius 3 is 2.52 bits per heavy atom. The quantitative estimate of drug-likeness (QED) is 0.427. The standard InChI is InChI=1S/C18H26O4S/c1-4-5-6-7-8-13-11-18(16(19)21-2,17(20)22-3)12-14-9-10-23-15(13)14/h9-10,13H,4-8,11-12H2,1-3H3. The third kappa shape index (κ3) is 3.60. The van der Waals surface area contributed by atoms with E-state index < -0.39 is 17.4 Å². The number of rotatable bonds is 7. The molecule has 0 amide bonds. The fraction of sp³-hybridized carbons (Fsp3) is 0.667. The number of carbonyl (C=O) groups is 2. The van der Waals surface area contributed by atoms with Gasteiger partial charge in [0, 0.05) is 11.3 Å². The summed E-state index contributed by atoms with van der Waals surface area (Å²) >= 11 is 1.73. The molecule has 0 bridgehead atoms. The molecule has 0 saturated heterocycles. The Hall–Kier alpha value is -1.36. The van der Waals surface area contributed by atoms with E-state index in [1.165, 1.54) is 38.4 Å². The molecule has 1 aliphatic rings. The van der Waals surface area contributed by atoms with Gasteiger partial charge in [-0.05, 0) is 35.8 Å². The number of unbranched alkanes of at least 4 members (excludes halogenated alkanes) is 3. The zero-order valence-corrected chi connectivity index (χ0v) is 15.0. The number of fused-ring (bicyclic) bond motifs is 1. The predicted octanol–water partition coefficient (Wildman–Crippen LogP) is 4.08. The van der Waals surface area contributed by atoms with Gasteiger partial charge in [0.2, 0.25) is 0 Å². The topological polar surface area (TPSA) is 52.6 Å². The van der Waals surface area contributed by atoms with Crippen LogP contribution in [-0.2, 0) is 25.5 Å². The second-order valence-electron chi connectivity index (χ2n) is 6.30. The smallest absolute Gasteiger partial charge is 0.323 e. The summed E-state index contributed by atoms with van der Waals surface area (Å²) in [5.74, 6) is -0.715. The van der Waals surface area contributed by atoms with Gasteiger partial charge in [0.1, 0.15) is 0 Å². The summed E-state index contributed by atoms with van der Waals surface area (Å²) in [4.78, 5) is 26.2. The maximum absolute atomic E-state index is 12.4. The third-order valence-electron chi connectivity index (χ3n) is 4.80. The number of hydrogen-bond acceptors (Lipinski definition) is 5. The highest BCUT2D eigenvalue weighted by atomic mass is 32.1. The van der Waals surface area contributed by atoms with Crippen LogP contribution in [-0.4, -0.2) is 26.2 Å². The molecule has 0 aliphatic heterocycles. The fourth-order valence-corrected chi connectivity index (χ4v) is 4.66. The Morgan fingerprint density at radius 1 is 1.22 bits per heavy atom. The molecule has 5 heteroatoms. The van der Waals surface area contributed by atoms with Gasteiger partial charge < -0.3 is 9.47 Å². The van der Waals surface area contributed by atoms with E-state index in [1.807, 2.05) is 11.4 Å². The van der Waals surface area contributed by atoms with Crippen LogP contribution in [0, 0.1) is 5.41 Å². The zero-order valence-electron chi connectivity index (χ0n) is 14.2. The van der Waals surface area contributed by atoms with Crippen LogP contribution in [0.25, 0.3) is 0 Å². The highest BCUT2D eigenvalue weighted by molar-refractivity contribution is 7.10. The largest absolute Gasteiger partial charge is 0.468 e. The first kappa shape index (κ1) is 18.0. The van der Waals surface area contributed by atoms with Crippen LogP contribution in [0.3, 0.4) is 0 Å². The zero-order chi connectivity index (χ0) is 16.9. The minimum atomic E-state index is -1.19. The first-order chi connectivity index (χ1) is 11.1. The number of hydrogen-bond donors (Lipinski definition) is 0. The molecule has 0 aromatic carbocycles. The second kappa shape index (κ2) is 7.95. The van der Waals surface area contributed by atoms with Crippen molar-refractivity contribution in [2.75, 3.05) is 14.2 Å². The lowest BCUT2D eigenvalue weighted by Gasteiger charge is -2.36. The Kier molecular flexibility index (Phi) is 6.22. The summed E-state index contributed by atoms with van der Waals surface area (Å²) in [7, 11) is 2.68. The minimum absolute atomic E-state index is 0.230. The van der Waals surface area contributed by atoms with Gasteiger partial charge in [-0.3, -0.25) is 9.59 Å². The fourth-order valence-electron chi connectivity index (χ4n) is 3.60. The van der Waals surface area contributed by atoms with Crippen molar-refractivity contribution in [3.63, 3.8) is 0 Å². The molecule has 1 aromatic heterocycles. The summed E-state index contributed by atoms with van der Waals surface area (Å²) in [6.45, 7) is 2.19. The molecule has 4 nitrogen and oxygen atoms in total. The van der Waals surface area contributed by atoms with Crippen molar-refractivity contribution in [1.82, 2.24) is 0 Å². The van der Waals surface area contributed by atoms with Crippen molar-refractivity contribution >= 4 is 23.3 Å². The Balaban J connectivity index is 2.26. The van der Waals surface area contributed by atoms with Crippen molar-refractivity contribution < 1.29 is 19.1 Å². The van der Waals surface area contributed by atoms with Gasteiger partial charge in [-0.25, -0.2) is 0 Å². The van der Waals surface area contributed by atoms with Crippen LogP contribution in [0.15, 0.2) is 11.4 Å². The first-order valence-corrected chi connectivity index (χ1v) is 9.20. The molecule has 1 heterocycles. The van der Waals surface area contributed by atoms with Gasteiger partial charge >= 0.3 is 11.9 Å². The van der Waals surface area contributed by atoms with Gasteiger partial charge in [0.25, 0.3) is 0 Å². The molecule has 2 rings (SSSR count). The molecule has 1 aliphatic carbocycles. The first-order valence-electron chi connectivity index (χ1n) is 8.32. The normalized spacial score (nSPS) is 19.0. The lowest BCUT2D eigenvalue weighted by atomic mass is 9.68. The van der Waals surface area contributed by atoms with E-state index in [0.29, 0.717) is 12.8 Å². The Labute approximate surface area is 142 Å². The lowest BCUT2D eigenvalue weighted by molar-refractivity contribution is -0.170. The molecule has 128 valence electrons. The van der Waals surface area contributed by atoms with Gasteiger partial charge in [0.15, 0.2) is 5.41 Å². The number of methoxy groups -OCH3 is 2. The summed E-state index contributed by atoms with van der Waals surface area (Å²) in [6.07, 6.45) is 6.61. The van der Waals surface area contributed by atoms with Gasteiger partial charge in [-0.15, -0.1) is 11.3 Å². The van der Waals surface area contributed by atoms with E-state index in [-0.39, 0.29) is 5.92 Å². The van der Waals surface area contributed by atoms with E-state index in [4.69, 9.17) is 9.47 Å². The Bertz CT molecular complexity index is 533. The van der Waals surface area contributed by atoms with Gasteiger partial charge in [-0.1, -0.05) is 32.6 Å². The van der Waals surface area contributed by atoms with Crippen molar-refractivity contribution in [1.29, 1.82) is 0 Å². The van der Waals surface area contributed by atoms with E-state index in [1.54, 1.807) is 11.3 Å². The maximum Gasteiger partial charge on any atom is 0.323 e. The molecular formula is C18H26O4S. The van der Waals surface area contributed by atoms with E-state index >= 15 is 0 Å². The van der Waals surface area contributed by atoms with Gasteiger partial charge in [0.05, 0.1) is 14.2 Å². The van der Waals surface area contributed by atoms with Gasteiger partial charge in [-0.2, -0.15) is 0 Å². The maximum atomic E-state index is 12.4. The van der Waals surface area contributed by atoms with Crippen LogP contribution < -0.4 is 0 Å². The van der Waals surface area contributed by atoms with Crippen molar-refractivity contribution in [3.05, 3.63) is 21.9 Å². The van der Waals surface area contributed by atoms with Crippen LogP contribution >= 0.6 is 11.3 Å². The summed E-state index contributed by atoms with van der Waals surface area (Å²) in [5.41, 5.74) is -0.0926. The molecule has 0 spiro atoms. The van der Waals surface area contributed by atoms with E-state index in [0.717, 1.165) is 18.4 Å². The number of ether oxygens (including phenoxy) is 2. The number of thiophene rings is 1. The van der Waals surface area contributed by atoms with Crippen LogP contribution in [0.4, 0.5) is 0 Å². The number of esters is 2. The van der Waals surface area contributed by atoms with E-state index in [2.05, 4.69) is 6.92 Å². The molecule has 1 unspecified atom stereocenters. The summed E-state index contributed by atoms with van der Waals surface area (Å²) in [5, 5.41) is 2.05. The second-order valence-corrected chi connectivity index (χ2v) is 7.25. The molecule has 0 fully saturated rings. The highest BCUT2D eigenvalue weighted by Gasteiger charge is 2.53. The third-order valence-corrected chi connectivity index (χ3v) is 5.92. The molecule has 0 radical (unpaired) electrons. The molecule has 23 heavy (non-hydrogen) atoms. The lowest BCUT2D eigenvalue weighted by Crippen LogP contribution is -2.46. The minimum Gasteiger partial charge on any atom is -0.468 e. The molecule has 0 N–H and O–H groups in total. The molecule has 1 atom stereocenters. The van der Waals surface area contributed by atoms with Crippen molar-refractivity contribution in [2.45, 2.75) is 57.8 Å². The van der Waals surface area contributed by atoms with Crippen LogP contribution in [0.5, 0.6) is 0 Å². The molecule has 1 aromatic rings. The summed E-state index contributed by atoms with van der Waals surface area (Å²) in [6, 6.07) is 2.03. The monoisotopic (exact) mass is 338 g/mol.